The molecular weight excluding hydrogens is 354 g/mol. The standard InChI is InChI=1S/C21H29N5O2/c1-13-6-7-16-8-9-17(25-20(16)22-13)10-11-26(4)21(27)14(2)18-12-19(28-5)24-15(3)23-18/h6-7,12,14,17H,8-11H2,1-5H3,(H,22,25)/t14-,17+/m0/s1. The summed E-state index contributed by atoms with van der Waals surface area (Å²) in [6.45, 7) is 6.36. The summed E-state index contributed by atoms with van der Waals surface area (Å²) in [4.78, 5) is 27.8. The van der Waals surface area contributed by atoms with Crippen molar-refractivity contribution in [1.82, 2.24) is 19.9 Å². The predicted molar refractivity (Wildman–Crippen MR) is 109 cm³/mol. The molecule has 3 heterocycles. The van der Waals surface area contributed by atoms with Gasteiger partial charge in [-0.15, -0.1) is 0 Å². The van der Waals surface area contributed by atoms with Crippen molar-refractivity contribution in [2.24, 2.45) is 0 Å². The largest absolute Gasteiger partial charge is 0.481 e. The lowest BCUT2D eigenvalue weighted by atomic mass is 9.98. The fourth-order valence-corrected chi connectivity index (χ4v) is 3.53. The molecule has 0 radical (unpaired) electrons. The number of aromatic nitrogens is 3. The maximum atomic E-state index is 12.9. The van der Waals surface area contributed by atoms with Gasteiger partial charge in [0.15, 0.2) is 0 Å². The third-order valence-electron chi connectivity index (χ3n) is 5.27. The summed E-state index contributed by atoms with van der Waals surface area (Å²) >= 11 is 0. The number of aryl methyl sites for hydroxylation is 3. The lowest BCUT2D eigenvalue weighted by molar-refractivity contribution is -0.131. The number of hydrogen-bond donors (Lipinski definition) is 1. The molecule has 2 aromatic rings. The Morgan fingerprint density at radius 2 is 2.11 bits per heavy atom. The van der Waals surface area contributed by atoms with Crippen molar-refractivity contribution in [3.05, 3.63) is 41.0 Å². The summed E-state index contributed by atoms with van der Waals surface area (Å²) in [6.07, 6.45) is 2.96. The number of carbonyl (C=O) groups is 1. The van der Waals surface area contributed by atoms with E-state index >= 15 is 0 Å². The van der Waals surface area contributed by atoms with Crippen LogP contribution in [-0.4, -0.2) is 52.5 Å². The van der Waals surface area contributed by atoms with E-state index in [4.69, 9.17) is 4.74 Å². The van der Waals surface area contributed by atoms with Crippen molar-refractivity contribution in [1.29, 1.82) is 0 Å². The van der Waals surface area contributed by atoms with Gasteiger partial charge < -0.3 is 15.0 Å². The van der Waals surface area contributed by atoms with E-state index in [0.717, 1.165) is 30.8 Å². The van der Waals surface area contributed by atoms with Gasteiger partial charge in [0.2, 0.25) is 11.8 Å². The quantitative estimate of drug-likeness (QED) is 0.826. The molecule has 28 heavy (non-hydrogen) atoms. The van der Waals surface area contributed by atoms with E-state index < -0.39 is 0 Å². The molecule has 1 aliphatic heterocycles. The van der Waals surface area contributed by atoms with Crippen LogP contribution in [0.3, 0.4) is 0 Å². The average Bonchev–Trinajstić information content (AvgIpc) is 2.69. The van der Waals surface area contributed by atoms with Crippen LogP contribution in [0.25, 0.3) is 0 Å². The highest BCUT2D eigenvalue weighted by Gasteiger charge is 2.24. The Hall–Kier alpha value is -2.70. The maximum absolute atomic E-state index is 12.9. The van der Waals surface area contributed by atoms with Gasteiger partial charge in [0, 0.05) is 31.4 Å². The molecule has 0 saturated heterocycles. The first-order valence-corrected chi connectivity index (χ1v) is 9.75. The average molecular weight is 383 g/mol. The van der Waals surface area contributed by atoms with E-state index in [9.17, 15) is 4.79 Å². The molecule has 0 spiro atoms. The summed E-state index contributed by atoms with van der Waals surface area (Å²) in [5.74, 6) is 1.78. The molecule has 1 aliphatic rings. The molecule has 1 amide bonds. The zero-order valence-corrected chi connectivity index (χ0v) is 17.3. The van der Waals surface area contributed by atoms with Crippen molar-refractivity contribution in [2.75, 3.05) is 26.0 Å². The fraction of sp³-hybridized carbons (Fsp3) is 0.524. The molecule has 1 N–H and O–H groups in total. The Labute approximate surface area is 166 Å². The van der Waals surface area contributed by atoms with Crippen molar-refractivity contribution >= 4 is 11.7 Å². The molecule has 7 heteroatoms. The van der Waals surface area contributed by atoms with Crippen LogP contribution in [0.5, 0.6) is 5.88 Å². The zero-order valence-electron chi connectivity index (χ0n) is 17.3. The highest BCUT2D eigenvalue weighted by Crippen LogP contribution is 2.25. The Kier molecular flexibility index (Phi) is 6.11. The van der Waals surface area contributed by atoms with Crippen molar-refractivity contribution in [3.8, 4) is 5.88 Å². The molecule has 0 aliphatic carbocycles. The minimum atomic E-state index is -0.343. The van der Waals surface area contributed by atoms with E-state index in [0.29, 0.717) is 30.0 Å². The van der Waals surface area contributed by atoms with E-state index in [1.54, 1.807) is 25.0 Å². The van der Waals surface area contributed by atoms with Crippen LogP contribution >= 0.6 is 0 Å². The first kappa shape index (κ1) is 20.0. The van der Waals surface area contributed by atoms with Gasteiger partial charge in [0.05, 0.1) is 18.7 Å². The van der Waals surface area contributed by atoms with Crippen LogP contribution in [0.2, 0.25) is 0 Å². The number of ether oxygens (including phenoxy) is 1. The normalized spacial score (nSPS) is 16.7. The molecule has 0 aromatic carbocycles. The third kappa shape index (κ3) is 4.58. The van der Waals surface area contributed by atoms with Gasteiger partial charge in [-0.3, -0.25) is 4.79 Å². The number of likely N-dealkylation sites (N-methyl/N-ethyl adjacent to an activating group) is 1. The van der Waals surface area contributed by atoms with E-state index in [1.165, 1.54) is 5.56 Å². The van der Waals surface area contributed by atoms with Crippen molar-refractivity contribution < 1.29 is 9.53 Å². The Balaban J connectivity index is 1.58. The van der Waals surface area contributed by atoms with Gasteiger partial charge in [-0.1, -0.05) is 6.07 Å². The first-order valence-electron chi connectivity index (χ1n) is 9.75. The molecule has 0 fully saturated rings. The molecular formula is C21H29N5O2. The van der Waals surface area contributed by atoms with E-state index in [1.807, 2.05) is 20.9 Å². The highest BCUT2D eigenvalue weighted by molar-refractivity contribution is 5.82. The van der Waals surface area contributed by atoms with E-state index in [-0.39, 0.29) is 11.8 Å². The van der Waals surface area contributed by atoms with E-state index in [2.05, 4.69) is 32.4 Å². The minimum absolute atomic E-state index is 0.0466. The monoisotopic (exact) mass is 383 g/mol. The number of nitrogens with one attached hydrogen (secondary N) is 1. The molecule has 2 aromatic heterocycles. The molecule has 0 bridgehead atoms. The Morgan fingerprint density at radius 1 is 1.32 bits per heavy atom. The number of rotatable bonds is 6. The number of amides is 1. The molecule has 0 saturated carbocycles. The number of fused-ring (bicyclic) bond motifs is 1. The fourth-order valence-electron chi connectivity index (χ4n) is 3.53. The predicted octanol–water partition coefficient (Wildman–Crippen LogP) is 2.88. The zero-order chi connectivity index (χ0) is 20.3. The summed E-state index contributed by atoms with van der Waals surface area (Å²) < 4.78 is 5.20. The Morgan fingerprint density at radius 3 is 2.86 bits per heavy atom. The highest BCUT2D eigenvalue weighted by atomic mass is 16.5. The second-order valence-corrected chi connectivity index (χ2v) is 7.49. The van der Waals surface area contributed by atoms with Crippen LogP contribution in [0.1, 0.15) is 48.5 Å². The molecule has 0 unspecified atom stereocenters. The topological polar surface area (TPSA) is 80.2 Å². The van der Waals surface area contributed by atoms with Gasteiger partial charge in [-0.05, 0) is 51.7 Å². The molecule has 2 atom stereocenters. The number of pyridine rings is 1. The molecule has 7 nitrogen and oxygen atoms in total. The van der Waals surface area contributed by atoms with Gasteiger partial charge >= 0.3 is 0 Å². The second-order valence-electron chi connectivity index (χ2n) is 7.49. The number of methoxy groups -OCH3 is 1. The number of nitrogens with zero attached hydrogens (tertiary/aromatic N) is 4. The number of carbonyl (C=O) groups excluding carboxylic acids is 1. The van der Waals surface area contributed by atoms with Crippen LogP contribution in [0.4, 0.5) is 5.82 Å². The summed E-state index contributed by atoms with van der Waals surface area (Å²) in [7, 11) is 3.42. The van der Waals surface area contributed by atoms with Crippen LogP contribution in [-0.2, 0) is 11.2 Å². The lowest BCUT2D eigenvalue weighted by Gasteiger charge is -2.29. The van der Waals surface area contributed by atoms with Gasteiger partial charge in [-0.25, -0.2) is 9.97 Å². The minimum Gasteiger partial charge on any atom is -0.481 e. The maximum Gasteiger partial charge on any atom is 0.231 e. The van der Waals surface area contributed by atoms with Crippen molar-refractivity contribution in [3.63, 3.8) is 0 Å². The van der Waals surface area contributed by atoms with Gasteiger partial charge in [-0.2, -0.15) is 4.98 Å². The van der Waals surface area contributed by atoms with Crippen LogP contribution < -0.4 is 10.1 Å². The van der Waals surface area contributed by atoms with Gasteiger partial charge in [0.1, 0.15) is 11.6 Å². The molecule has 3 rings (SSSR count). The Bertz CT molecular complexity index is 855. The smallest absolute Gasteiger partial charge is 0.231 e. The second kappa shape index (κ2) is 8.54. The van der Waals surface area contributed by atoms with Gasteiger partial charge in [0.25, 0.3) is 0 Å². The lowest BCUT2D eigenvalue weighted by Crippen LogP contribution is -2.36. The third-order valence-corrected chi connectivity index (χ3v) is 5.27. The van der Waals surface area contributed by atoms with Crippen LogP contribution in [0, 0.1) is 13.8 Å². The van der Waals surface area contributed by atoms with Crippen molar-refractivity contribution in [2.45, 2.75) is 52.0 Å². The van der Waals surface area contributed by atoms with Crippen LogP contribution in [0.15, 0.2) is 18.2 Å². The molecule has 150 valence electrons. The summed E-state index contributed by atoms with van der Waals surface area (Å²) in [6, 6.07) is 6.26. The summed E-state index contributed by atoms with van der Waals surface area (Å²) in [5, 5.41) is 3.53. The first-order chi connectivity index (χ1) is 13.4. The number of anilines is 1. The SMILES string of the molecule is COc1cc([C@H](C)C(=O)N(C)CC[C@H]2CCc3ccc(C)nc3N2)nc(C)n1. The number of hydrogen-bond acceptors (Lipinski definition) is 6. The summed E-state index contributed by atoms with van der Waals surface area (Å²) in [5.41, 5.74) is 2.97.